The van der Waals surface area contributed by atoms with Crippen LogP contribution in [0, 0.1) is 12.7 Å². The fourth-order valence-electron chi connectivity index (χ4n) is 3.18. The molecular formula is C21H17ClFN5O. The topological polar surface area (TPSA) is 72.2 Å². The van der Waals surface area contributed by atoms with Crippen LogP contribution in [0.5, 0.6) is 0 Å². The van der Waals surface area contributed by atoms with Gasteiger partial charge in [-0.25, -0.2) is 8.91 Å². The third-order valence-electron chi connectivity index (χ3n) is 4.60. The minimum atomic E-state index is -0.406. The molecule has 1 N–H and O–H groups in total. The fraction of sp³-hybridized carbons (Fsp3) is 0.143. The normalized spacial score (nSPS) is 11.0. The number of rotatable bonds is 4. The molecule has 2 aromatic heterocycles. The molecule has 0 atom stereocenters. The van der Waals surface area contributed by atoms with Crippen LogP contribution in [0.25, 0.3) is 16.8 Å². The van der Waals surface area contributed by atoms with Crippen molar-refractivity contribution in [3.05, 3.63) is 76.5 Å². The van der Waals surface area contributed by atoms with Gasteiger partial charge in [-0.2, -0.15) is 5.10 Å². The van der Waals surface area contributed by atoms with Gasteiger partial charge in [-0.15, -0.1) is 10.2 Å². The Hall–Kier alpha value is -3.32. The molecule has 0 spiro atoms. The third kappa shape index (κ3) is 3.56. The summed E-state index contributed by atoms with van der Waals surface area (Å²) in [7, 11) is 0. The summed E-state index contributed by atoms with van der Waals surface area (Å²) in [4.78, 5) is 12.7. The second-order valence-electron chi connectivity index (χ2n) is 6.52. The Morgan fingerprint density at radius 2 is 1.93 bits per heavy atom. The Kier molecular flexibility index (Phi) is 4.98. The summed E-state index contributed by atoms with van der Waals surface area (Å²) in [5.41, 5.74) is 4.16. The average Bonchev–Trinajstić information content (AvgIpc) is 3.08. The van der Waals surface area contributed by atoms with Crippen LogP contribution in [0.2, 0.25) is 5.02 Å². The van der Waals surface area contributed by atoms with Crippen molar-refractivity contribution in [2.45, 2.75) is 20.3 Å². The number of halogens is 2. The minimum Gasteiger partial charge on any atom is -0.320 e. The molecule has 0 aliphatic rings. The number of carbonyl (C=O) groups excluding carboxylic acids is 1. The zero-order valence-electron chi connectivity index (χ0n) is 15.8. The first-order valence-corrected chi connectivity index (χ1v) is 9.43. The van der Waals surface area contributed by atoms with Crippen LogP contribution in [-0.4, -0.2) is 25.7 Å². The lowest BCUT2D eigenvalue weighted by molar-refractivity contribution is 0.102. The molecule has 2 aromatic carbocycles. The van der Waals surface area contributed by atoms with Crippen molar-refractivity contribution in [3.8, 4) is 11.1 Å². The van der Waals surface area contributed by atoms with E-state index in [0.29, 0.717) is 28.5 Å². The van der Waals surface area contributed by atoms with E-state index in [-0.39, 0.29) is 11.5 Å². The van der Waals surface area contributed by atoms with Gasteiger partial charge in [0.2, 0.25) is 0 Å². The quantitative estimate of drug-likeness (QED) is 0.530. The number of amides is 1. The van der Waals surface area contributed by atoms with Gasteiger partial charge in [0.1, 0.15) is 5.82 Å². The standard InChI is InChI=1S/C21H17ClFN5O/c1-3-17-18(13-7-9-15(23)10-8-13)20-26-25-19(12(2)28(20)27-17)21(29)24-16-6-4-5-14(22)11-16/h4-11H,3H2,1-2H3,(H,24,29). The first-order chi connectivity index (χ1) is 14.0. The lowest BCUT2D eigenvalue weighted by Gasteiger charge is -2.08. The summed E-state index contributed by atoms with van der Waals surface area (Å²) in [5.74, 6) is -0.721. The Bertz CT molecular complexity index is 1220. The van der Waals surface area contributed by atoms with Gasteiger partial charge in [0, 0.05) is 10.7 Å². The van der Waals surface area contributed by atoms with Crippen molar-refractivity contribution < 1.29 is 9.18 Å². The van der Waals surface area contributed by atoms with E-state index in [1.54, 1.807) is 47.8 Å². The highest BCUT2D eigenvalue weighted by Gasteiger charge is 2.21. The maximum atomic E-state index is 13.3. The predicted octanol–water partition coefficient (Wildman–Crippen LogP) is 4.71. The zero-order chi connectivity index (χ0) is 20.5. The SMILES string of the molecule is CCc1nn2c(C)c(C(=O)Nc3cccc(Cl)c3)nnc2c1-c1ccc(F)cc1. The molecule has 4 rings (SSSR count). The highest BCUT2D eigenvalue weighted by atomic mass is 35.5. The summed E-state index contributed by atoms with van der Waals surface area (Å²) in [6.07, 6.45) is 0.652. The zero-order valence-corrected chi connectivity index (χ0v) is 16.5. The van der Waals surface area contributed by atoms with E-state index in [0.717, 1.165) is 16.8 Å². The molecule has 0 bridgehead atoms. The molecule has 0 saturated heterocycles. The molecule has 2 heterocycles. The van der Waals surface area contributed by atoms with Crippen LogP contribution in [-0.2, 0) is 6.42 Å². The maximum absolute atomic E-state index is 13.3. The largest absolute Gasteiger partial charge is 0.320 e. The van der Waals surface area contributed by atoms with Crippen LogP contribution < -0.4 is 5.32 Å². The number of hydrogen-bond acceptors (Lipinski definition) is 4. The molecule has 0 aliphatic heterocycles. The number of hydrogen-bond donors (Lipinski definition) is 1. The lowest BCUT2D eigenvalue weighted by Crippen LogP contribution is -2.18. The Morgan fingerprint density at radius 1 is 1.17 bits per heavy atom. The van der Waals surface area contributed by atoms with E-state index in [4.69, 9.17) is 11.6 Å². The molecule has 0 radical (unpaired) electrons. The van der Waals surface area contributed by atoms with E-state index in [1.165, 1.54) is 12.1 Å². The number of aromatic nitrogens is 4. The summed E-state index contributed by atoms with van der Waals surface area (Å²) in [6, 6.07) is 13.0. The number of nitrogens with one attached hydrogen (secondary N) is 1. The van der Waals surface area contributed by atoms with E-state index >= 15 is 0 Å². The van der Waals surface area contributed by atoms with Gasteiger partial charge in [0.25, 0.3) is 5.91 Å². The molecule has 0 fully saturated rings. The smallest absolute Gasteiger partial charge is 0.278 e. The van der Waals surface area contributed by atoms with E-state index in [9.17, 15) is 9.18 Å². The highest BCUT2D eigenvalue weighted by molar-refractivity contribution is 6.30. The maximum Gasteiger partial charge on any atom is 0.278 e. The van der Waals surface area contributed by atoms with Crippen molar-refractivity contribution in [2.24, 2.45) is 0 Å². The van der Waals surface area contributed by atoms with Gasteiger partial charge < -0.3 is 5.32 Å². The molecule has 0 unspecified atom stereocenters. The lowest BCUT2D eigenvalue weighted by atomic mass is 10.0. The van der Waals surface area contributed by atoms with Crippen molar-refractivity contribution in [2.75, 3.05) is 5.32 Å². The number of nitrogens with zero attached hydrogens (tertiary/aromatic N) is 4. The van der Waals surface area contributed by atoms with Gasteiger partial charge in [0.05, 0.1) is 17.0 Å². The minimum absolute atomic E-state index is 0.160. The molecule has 8 heteroatoms. The fourth-order valence-corrected chi connectivity index (χ4v) is 3.37. The van der Waals surface area contributed by atoms with Crippen molar-refractivity contribution in [1.82, 2.24) is 19.8 Å². The van der Waals surface area contributed by atoms with Gasteiger partial charge in [-0.3, -0.25) is 4.79 Å². The average molecular weight is 410 g/mol. The summed E-state index contributed by atoms with van der Waals surface area (Å²) in [5, 5.41) is 16.3. The summed E-state index contributed by atoms with van der Waals surface area (Å²) >= 11 is 5.97. The van der Waals surface area contributed by atoms with Crippen molar-refractivity contribution in [3.63, 3.8) is 0 Å². The monoisotopic (exact) mass is 409 g/mol. The summed E-state index contributed by atoms with van der Waals surface area (Å²) in [6.45, 7) is 3.74. The number of aryl methyl sites for hydroxylation is 2. The first kappa shape index (κ1) is 19.0. The molecule has 1 amide bonds. The number of benzene rings is 2. The molecule has 146 valence electrons. The van der Waals surface area contributed by atoms with Crippen LogP contribution in [0.15, 0.2) is 48.5 Å². The van der Waals surface area contributed by atoms with Crippen LogP contribution in [0.4, 0.5) is 10.1 Å². The first-order valence-electron chi connectivity index (χ1n) is 9.05. The van der Waals surface area contributed by atoms with Gasteiger partial charge in [-0.05, 0) is 49.2 Å². The van der Waals surface area contributed by atoms with E-state index in [2.05, 4.69) is 20.6 Å². The third-order valence-corrected chi connectivity index (χ3v) is 4.84. The number of anilines is 1. The van der Waals surface area contributed by atoms with E-state index < -0.39 is 5.91 Å². The summed E-state index contributed by atoms with van der Waals surface area (Å²) < 4.78 is 14.9. The molecule has 4 aromatic rings. The Morgan fingerprint density at radius 3 is 2.62 bits per heavy atom. The van der Waals surface area contributed by atoms with Crippen molar-refractivity contribution in [1.29, 1.82) is 0 Å². The second kappa shape index (κ2) is 7.60. The van der Waals surface area contributed by atoms with E-state index in [1.807, 2.05) is 6.92 Å². The molecule has 29 heavy (non-hydrogen) atoms. The predicted molar refractivity (Wildman–Crippen MR) is 110 cm³/mol. The Balaban J connectivity index is 1.78. The van der Waals surface area contributed by atoms with Gasteiger partial charge in [-0.1, -0.05) is 36.7 Å². The van der Waals surface area contributed by atoms with Crippen molar-refractivity contribution >= 4 is 28.8 Å². The Labute approximate surface area is 171 Å². The molecule has 0 saturated carbocycles. The van der Waals surface area contributed by atoms with Gasteiger partial charge >= 0.3 is 0 Å². The molecule has 0 aliphatic carbocycles. The molecule has 6 nitrogen and oxygen atoms in total. The second-order valence-corrected chi connectivity index (χ2v) is 6.95. The highest BCUT2D eigenvalue weighted by Crippen LogP contribution is 2.29. The number of carbonyl (C=O) groups is 1. The van der Waals surface area contributed by atoms with Crippen LogP contribution in [0.1, 0.15) is 28.8 Å². The van der Waals surface area contributed by atoms with Crippen LogP contribution >= 0.6 is 11.6 Å². The van der Waals surface area contributed by atoms with Crippen LogP contribution in [0.3, 0.4) is 0 Å². The number of fused-ring (bicyclic) bond motifs is 1. The van der Waals surface area contributed by atoms with Gasteiger partial charge in [0.15, 0.2) is 11.3 Å². The molecular weight excluding hydrogens is 393 g/mol.